The third kappa shape index (κ3) is 22.8. The summed E-state index contributed by atoms with van der Waals surface area (Å²) in [5, 5.41) is 1.42. The Labute approximate surface area is 447 Å². The van der Waals surface area contributed by atoms with Crippen LogP contribution in [0.4, 0.5) is 37.7 Å². The van der Waals surface area contributed by atoms with Crippen molar-refractivity contribution in [3.63, 3.8) is 0 Å². The van der Waals surface area contributed by atoms with E-state index in [2.05, 4.69) is 107 Å². The number of alkyl halides is 10. The van der Waals surface area contributed by atoms with Gasteiger partial charge in [-0.05, 0) is 99.2 Å². The molecule has 7 rings (SSSR count). The van der Waals surface area contributed by atoms with E-state index >= 15 is 0 Å². The first-order valence-corrected chi connectivity index (χ1v) is 24.7. The van der Waals surface area contributed by atoms with Crippen molar-refractivity contribution < 1.29 is 77.3 Å². The zero-order valence-corrected chi connectivity index (χ0v) is 44.8. The Morgan fingerprint density at radius 2 is 0.958 bits per heavy atom. The van der Waals surface area contributed by atoms with Gasteiger partial charge in [0.1, 0.15) is 5.69 Å². The molecule has 0 atom stereocenters. The van der Waals surface area contributed by atoms with E-state index in [4.69, 9.17) is 83.9 Å². The Morgan fingerprint density at radius 3 is 1.29 bits per heavy atom. The minimum absolute atomic E-state index is 0. The number of nitrogens with zero attached hydrogens (tertiary/aromatic N) is 5. The van der Waals surface area contributed by atoms with Crippen molar-refractivity contribution in [2.75, 3.05) is 10.7 Å². The molecule has 0 saturated heterocycles. The van der Waals surface area contributed by atoms with Crippen LogP contribution in [0.5, 0.6) is 0 Å². The Morgan fingerprint density at radius 1 is 0.611 bits per heavy atom. The SMILES string of the molecule is Cc1cccc(C)c1N=c1[nH]c2ccccc2[c-][n+]1-c1c(C)cccc1C.ClCCl.ClCCl.O=S(=O)([O-])C(F)(F)F.O=S(=O)([O-])C(F)(F)F.[C-]#[N+]c1c(C)cccc1C.[Pd+2].c1ccc(-c2ccccn2)nc1. The first-order valence-electron chi connectivity index (χ1n) is 19.8. The minimum atomic E-state index is -6.09. The van der Waals surface area contributed by atoms with Gasteiger partial charge in [0, 0.05) is 29.8 Å². The molecule has 0 unspecified atom stereocenters. The van der Waals surface area contributed by atoms with Crippen molar-refractivity contribution in [3.8, 4) is 17.1 Å². The molecule has 0 amide bonds. The number of aromatic amines is 1. The van der Waals surface area contributed by atoms with Gasteiger partial charge in [-0.15, -0.1) is 57.5 Å². The van der Waals surface area contributed by atoms with E-state index in [-0.39, 0.29) is 31.1 Å². The van der Waals surface area contributed by atoms with Crippen LogP contribution in [-0.2, 0) is 40.7 Å². The van der Waals surface area contributed by atoms with Gasteiger partial charge in [-0.1, -0.05) is 90.3 Å². The number of para-hydroxylation sites is 4. The van der Waals surface area contributed by atoms with Crippen molar-refractivity contribution in [1.82, 2.24) is 15.0 Å². The maximum atomic E-state index is 10.7. The molecular formula is C47H44Cl4F6N6O6PdS2. The second kappa shape index (κ2) is 32.3. The molecule has 0 radical (unpaired) electrons. The molecule has 0 bridgehead atoms. The van der Waals surface area contributed by atoms with Crippen molar-refractivity contribution >= 4 is 88.9 Å². The van der Waals surface area contributed by atoms with Gasteiger partial charge in [0.2, 0.25) is 0 Å². The van der Waals surface area contributed by atoms with Crippen LogP contribution in [0, 0.1) is 54.3 Å². The van der Waals surface area contributed by atoms with Gasteiger partial charge >= 0.3 is 37.1 Å². The van der Waals surface area contributed by atoms with E-state index in [1.165, 1.54) is 11.1 Å². The zero-order valence-electron chi connectivity index (χ0n) is 38.6. The molecule has 0 saturated carbocycles. The first kappa shape index (κ1) is 67.0. The molecule has 7 aromatic rings. The van der Waals surface area contributed by atoms with Gasteiger partial charge < -0.3 is 14.1 Å². The quantitative estimate of drug-likeness (QED) is 0.0346. The van der Waals surface area contributed by atoms with Crippen LogP contribution >= 0.6 is 46.4 Å². The van der Waals surface area contributed by atoms with Crippen LogP contribution in [0.15, 0.2) is 133 Å². The average molecular weight is 1220 g/mol. The topological polar surface area (TPSA) is 177 Å². The summed E-state index contributed by atoms with van der Waals surface area (Å²) >= 11 is 19.1. The number of nitrogens with one attached hydrogen (secondary N) is 1. The largest absolute Gasteiger partial charge is 2.00 e. The predicted molar refractivity (Wildman–Crippen MR) is 264 cm³/mol. The molecule has 12 nitrogen and oxygen atoms in total. The van der Waals surface area contributed by atoms with Crippen LogP contribution in [0.3, 0.4) is 0 Å². The Balaban J connectivity index is 0.000000938. The van der Waals surface area contributed by atoms with Crippen LogP contribution in [0.2, 0.25) is 0 Å². The maximum Gasteiger partial charge on any atom is 2.00 e. The van der Waals surface area contributed by atoms with Gasteiger partial charge in [-0.2, -0.15) is 26.3 Å². The number of halogens is 10. The van der Waals surface area contributed by atoms with E-state index in [0.29, 0.717) is 0 Å². The number of hydrogen-bond donors (Lipinski definition) is 1. The minimum Gasteiger partial charge on any atom is -0.741 e. The van der Waals surface area contributed by atoms with Gasteiger partial charge in [0.25, 0.3) is 0 Å². The number of H-pyrrole nitrogens is 1. The number of hydrogen-bond acceptors (Lipinski definition) is 9. The number of fused-ring (bicyclic) bond motifs is 1. The van der Waals surface area contributed by atoms with Crippen LogP contribution in [0.25, 0.3) is 32.8 Å². The molecule has 0 aliphatic heterocycles. The summed E-state index contributed by atoms with van der Waals surface area (Å²) in [6.45, 7) is 19.2. The van der Waals surface area contributed by atoms with Crippen LogP contribution in [-0.4, -0.2) is 62.6 Å². The second-order valence-corrected chi connectivity index (χ2v) is 18.2. The summed E-state index contributed by atoms with van der Waals surface area (Å²) in [5.74, 6) is 0. The van der Waals surface area contributed by atoms with Crippen molar-refractivity contribution in [2.24, 2.45) is 4.99 Å². The molecule has 390 valence electrons. The van der Waals surface area contributed by atoms with Crippen LogP contribution in [0.1, 0.15) is 33.4 Å². The van der Waals surface area contributed by atoms with Gasteiger partial charge in [-0.25, -0.2) is 21.7 Å². The summed E-state index contributed by atoms with van der Waals surface area (Å²) in [5.41, 5.74) is 2.06. The molecular weight excluding hydrogens is 1170 g/mol. The van der Waals surface area contributed by atoms with E-state index < -0.39 is 31.3 Å². The van der Waals surface area contributed by atoms with Gasteiger partial charge in [0.15, 0.2) is 25.9 Å². The molecule has 0 aliphatic carbocycles. The summed E-state index contributed by atoms with van der Waals surface area (Å²) in [6, 6.07) is 38.3. The third-order valence-corrected chi connectivity index (χ3v) is 9.78. The number of pyridine rings is 2. The molecule has 1 N–H and O–H groups in total. The first-order chi connectivity index (χ1) is 33.1. The molecule has 72 heavy (non-hydrogen) atoms. The fourth-order valence-corrected chi connectivity index (χ4v) is 5.54. The zero-order chi connectivity index (χ0) is 54.2. The third-order valence-electron chi connectivity index (χ3n) is 8.65. The van der Waals surface area contributed by atoms with E-state index in [0.717, 1.165) is 67.2 Å². The van der Waals surface area contributed by atoms with E-state index in [1.807, 2.05) is 80.6 Å². The molecule has 0 aliphatic rings. The smallest absolute Gasteiger partial charge is 0.741 e. The molecule has 4 aromatic carbocycles. The summed E-state index contributed by atoms with van der Waals surface area (Å²) in [4.78, 5) is 20.3. The number of aromatic nitrogens is 4. The van der Waals surface area contributed by atoms with Gasteiger partial charge in [0.05, 0.1) is 28.6 Å². The number of aryl methyl sites for hydroxylation is 6. The predicted octanol–water partition coefficient (Wildman–Crippen LogP) is 12.7. The van der Waals surface area contributed by atoms with Gasteiger partial charge in [-0.3, -0.25) is 14.5 Å². The Bertz CT molecular complexity index is 2980. The van der Waals surface area contributed by atoms with E-state index in [9.17, 15) is 26.3 Å². The standard InChI is InChI=1S/C24H23N3.C10H8N2.C9H9N.2CH2Cl2.2CHF3O3S.Pd/c1-16-9-7-10-17(2)22(16)26-24-25-21-14-6-5-13-20(21)15-27(24)23-18(3)11-8-12-19(23)4;1-3-7-11-9(5-1)10-6-2-4-8-12-10;1-7-5-4-6-8(2)9(7)10-3;2*2-1-3;2*2-1(3,4)8(5,6)7;/h5-14H,1-4H3,(H,25,26);1-8H;4-6H,1-2H3;2*1H2;2*(H,5,6,7);/q;;;;;;;+2/p-2. The van der Waals surface area contributed by atoms with Crippen molar-refractivity contribution in [1.29, 1.82) is 0 Å². The molecule has 3 aromatic heterocycles. The normalized spacial score (nSPS) is 10.9. The van der Waals surface area contributed by atoms with Crippen molar-refractivity contribution in [2.45, 2.75) is 52.6 Å². The molecule has 25 heteroatoms. The summed E-state index contributed by atoms with van der Waals surface area (Å²) < 4.78 is 120. The van der Waals surface area contributed by atoms with Crippen LogP contribution < -0.4 is 10.2 Å². The molecule has 0 fully saturated rings. The summed E-state index contributed by atoms with van der Waals surface area (Å²) in [6.07, 6.45) is 7.08. The maximum absolute atomic E-state index is 10.7. The number of benzene rings is 4. The van der Waals surface area contributed by atoms with E-state index in [1.54, 1.807) is 12.4 Å². The second-order valence-electron chi connectivity index (χ2n) is 13.8. The average Bonchev–Trinajstić information content (AvgIpc) is 3.28. The fourth-order valence-electron chi connectivity index (χ4n) is 5.54. The Hall–Kier alpha value is -4.97. The van der Waals surface area contributed by atoms with Crippen molar-refractivity contribution in [3.05, 3.63) is 184 Å². The Kier molecular flexibility index (Phi) is 30.0. The molecule has 0 spiro atoms. The number of rotatable bonds is 3. The monoisotopic (exact) mass is 1210 g/mol. The molecule has 3 heterocycles. The fraction of sp³-hybridized carbons (Fsp3) is 0.213. The summed E-state index contributed by atoms with van der Waals surface area (Å²) in [7, 11) is -12.2.